The zero-order chi connectivity index (χ0) is 11.0. The molecule has 4 heteroatoms. The molecule has 14 heavy (non-hydrogen) atoms. The molecule has 0 amide bonds. The third-order valence-electron chi connectivity index (χ3n) is 2.45. The molecule has 0 aliphatic carbocycles. The Hall–Kier alpha value is -0.160. The lowest BCUT2D eigenvalue weighted by atomic mass is 9.98. The molecule has 0 saturated heterocycles. The van der Waals surface area contributed by atoms with Crippen LogP contribution in [0.25, 0.3) is 0 Å². The van der Waals surface area contributed by atoms with Crippen molar-refractivity contribution in [2.45, 2.75) is 44.8 Å². The molecule has 0 aliphatic rings. The molecule has 3 N–H and O–H groups in total. The molecule has 4 nitrogen and oxygen atoms in total. The van der Waals surface area contributed by atoms with Crippen molar-refractivity contribution in [1.29, 1.82) is 0 Å². The molecule has 0 bridgehead atoms. The standard InChI is InChI=1S/C10H22O4/c1-3-9(12)7-14-6-5-10(13,4-2)8-11/h9,11-13H,3-8H2,1-2H3. The molecule has 0 aromatic heterocycles. The molecule has 0 aromatic carbocycles. The van der Waals surface area contributed by atoms with Crippen molar-refractivity contribution in [3.05, 3.63) is 0 Å². The van der Waals surface area contributed by atoms with Crippen LogP contribution in [0.2, 0.25) is 0 Å². The van der Waals surface area contributed by atoms with E-state index in [1.165, 1.54) is 0 Å². The van der Waals surface area contributed by atoms with Crippen molar-refractivity contribution in [3.8, 4) is 0 Å². The molecule has 0 fully saturated rings. The van der Waals surface area contributed by atoms with Crippen molar-refractivity contribution in [3.63, 3.8) is 0 Å². The van der Waals surface area contributed by atoms with Crippen LogP contribution in [0.1, 0.15) is 33.1 Å². The van der Waals surface area contributed by atoms with Crippen LogP contribution in [-0.4, -0.2) is 46.8 Å². The first-order valence-electron chi connectivity index (χ1n) is 5.17. The van der Waals surface area contributed by atoms with Crippen molar-refractivity contribution >= 4 is 0 Å². The molecule has 0 heterocycles. The largest absolute Gasteiger partial charge is 0.393 e. The topological polar surface area (TPSA) is 69.9 Å². The molecule has 0 radical (unpaired) electrons. The number of ether oxygens (including phenoxy) is 1. The Balaban J connectivity index is 3.52. The normalized spacial score (nSPS) is 17.8. The van der Waals surface area contributed by atoms with Gasteiger partial charge < -0.3 is 20.1 Å². The van der Waals surface area contributed by atoms with Gasteiger partial charge in [0.25, 0.3) is 0 Å². The Kier molecular flexibility index (Phi) is 7.09. The van der Waals surface area contributed by atoms with Crippen LogP contribution in [0.3, 0.4) is 0 Å². The molecular formula is C10H22O4. The Morgan fingerprint density at radius 3 is 2.43 bits per heavy atom. The van der Waals surface area contributed by atoms with Crippen LogP contribution in [0.5, 0.6) is 0 Å². The number of aliphatic hydroxyl groups is 3. The fourth-order valence-corrected chi connectivity index (χ4v) is 0.967. The number of hydrogen-bond donors (Lipinski definition) is 3. The lowest BCUT2D eigenvalue weighted by Gasteiger charge is -2.24. The van der Waals surface area contributed by atoms with Crippen LogP contribution in [0.15, 0.2) is 0 Å². The summed E-state index contributed by atoms with van der Waals surface area (Å²) in [5.74, 6) is 0. The molecule has 86 valence electrons. The van der Waals surface area contributed by atoms with Crippen LogP contribution in [-0.2, 0) is 4.74 Å². The minimum atomic E-state index is -1.03. The van der Waals surface area contributed by atoms with Crippen LogP contribution in [0.4, 0.5) is 0 Å². The van der Waals surface area contributed by atoms with E-state index in [1.807, 2.05) is 13.8 Å². The van der Waals surface area contributed by atoms with Gasteiger partial charge in [-0.3, -0.25) is 0 Å². The van der Waals surface area contributed by atoms with E-state index >= 15 is 0 Å². The van der Waals surface area contributed by atoms with Crippen molar-refractivity contribution < 1.29 is 20.1 Å². The number of rotatable bonds is 8. The van der Waals surface area contributed by atoms with Gasteiger partial charge in [-0.2, -0.15) is 0 Å². The van der Waals surface area contributed by atoms with Crippen molar-refractivity contribution in [2.24, 2.45) is 0 Å². The van der Waals surface area contributed by atoms with E-state index in [1.54, 1.807) is 0 Å². The summed E-state index contributed by atoms with van der Waals surface area (Å²) in [6.07, 6.45) is 1.14. The van der Waals surface area contributed by atoms with Crippen molar-refractivity contribution in [1.82, 2.24) is 0 Å². The van der Waals surface area contributed by atoms with Crippen molar-refractivity contribution in [2.75, 3.05) is 19.8 Å². The van der Waals surface area contributed by atoms with Gasteiger partial charge in [0.2, 0.25) is 0 Å². The third-order valence-corrected chi connectivity index (χ3v) is 2.45. The quantitative estimate of drug-likeness (QED) is 0.499. The predicted octanol–water partition coefficient (Wildman–Crippen LogP) is 0.297. The van der Waals surface area contributed by atoms with Crippen LogP contribution >= 0.6 is 0 Å². The molecule has 2 atom stereocenters. The Morgan fingerprint density at radius 2 is 2.00 bits per heavy atom. The molecule has 0 saturated carbocycles. The highest BCUT2D eigenvalue weighted by atomic mass is 16.5. The minimum absolute atomic E-state index is 0.247. The van der Waals surface area contributed by atoms with Crippen LogP contribution < -0.4 is 0 Å². The average Bonchev–Trinajstić information content (AvgIpc) is 2.23. The van der Waals surface area contributed by atoms with E-state index < -0.39 is 11.7 Å². The SMILES string of the molecule is CCC(O)COCCC(O)(CC)CO. The van der Waals surface area contributed by atoms with Gasteiger partial charge in [0.1, 0.15) is 0 Å². The van der Waals surface area contributed by atoms with Gasteiger partial charge in [-0.15, -0.1) is 0 Å². The van der Waals surface area contributed by atoms with E-state index in [9.17, 15) is 5.11 Å². The predicted molar refractivity (Wildman–Crippen MR) is 54.1 cm³/mol. The average molecular weight is 206 g/mol. The highest BCUT2D eigenvalue weighted by molar-refractivity contribution is 4.74. The Bertz CT molecular complexity index is 134. The van der Waals surface area contributed by atoms with Gasteiger partial charge in [-0.05, 0) is 12.8 Å². The lowest BCUT2D eigenvalue weighted by molar-refractivity contribution is -0.0514. The molecule has 0 rings (SSSR count). The maximum Gasteiger partial charge on any atom is 0.0896 e. The third kappa shape index (κ3) is 5.54. The second-order valence-corrected chi connectivity index (χ2v) is 3.62. The van der Waals surface area contributed by atoms with E-state index in [2.05, 4.69) is 0 Å². The molecule has 0 aromatic rings. The first-order valence-corrected chi connectivity index (χ1v) is 5.17. The van der Waals surface area contributed by atoms with Gasteiger partial charge >= 0.3 is 0 Å². The smallest absolute Gasteiger partial charge is 0.0896 e. The molecule has 0 spiro atoms. The van der Waals surface area contributed by atoms with Gasteiger partial charge in [-0.1, -0.05) is 13.8 Å². The highest BCUT2D eigenvalue weighted by Gasteiger charge is 2.22. The summed E-state index contributed by atoms with van der Waals surface area (Å²) in [6, 6.07) is 0. The fourth-order valence-electron chi connectivity index (χ4n) is 0.967. The number of aliphatic hydroxyl groups excluding tert-OH is 2. The summed E-state index contributed by atoms with van der Waals surface area (Å²) in [4.78, 5) is 0. The maximum absolute atomic E-state index is 9.66. The summed E-state index contributed by atoms with van der Waals surface area (Å²) < 4.78 is 5.16. The molecule has 2 unspecified atom stereocenters. The number of hydrogen-bond acceptors (Lipinski definition) is 4. The zero-order valence-electron chi connectivity index (χ0n) is 9.07. The zero-order valence-corrected chi connectivity index (χ0v) is 9.07. The van der Waals surface area contributed by atoms with Gasteiger partial charge in [-0.25, -0.2) is 0 Å². The highest BCUT2D eigenvalue weighted by Crippen LogP contribution is 2.13. The van der Waals surface area contributed by atoms with E-state index in [0.717, 1.165) is 0 Å². The van der Waals surface area contributed by atoms with E-state index in [0.29, 0.717) is 32.5 Å². The lowest BCUT2D eigenvalue weighted by Crippen LogP contribution is -2.34. The summed E-state index contributed by atoms with van der Waals surface area (Å²) in [6.45, 7) is 4.11. The first-order chi connectivity index (χ1) is 6.58. The van der Waals surface area contributed by atoms with Gasteiger partial charge in [0.15, 0.2) is 0 Å². The second-order valence-electron chi connectivity index (χ2n) is 3.62. The summed E-state index contributed by atoms with van der Waals surface area (Å²) in [5.41, 5.74) is -1.03. The molecule has 0 aliphatic heterocycles. The Morgan fingerprint density at radius 1 is 1.36 bits per heavy atom. The summed E-state index contributed by atoms with van der Waals surface area (Å²) in [7, 11) is 0. The fraction of sp³-hybridized carbons (Fsp3) is 1.00. The van der Waals surface area contributed by atoms with Gasteiger partial charge in [0, 0.05) is 13.0 Å². The second kappa shape index (κ2) is 7.17. The Labute approximate surface area is 85.5 Å². The van der Waals surface area contributed by atoms with E-state index in [-0.39, 0.29) is 6.61 Å². The monoisotopic (exact) mass is 206 g/mol. The maximum atomic E-state index is 9.66. The molecular weight excluding hydrogens is 184 g/mol. The first kappa shape index (κ1) is 13.8. The van der Waals surface area contributed by atoms with Gasteiger partial charge in [0.05, 0.1) is 24.9 Å². The van der Waals surface area contributed by atoms with Crippen LogP contribution in [0, 0.1) is 0 Å². The summed E-state index contributed by atoms with van der Waals surface area (Å²) in [5, 5.41) is 27.7. The van der Waals surface area contributed by atoms with E-state index in [4.69, 9.17) is 14.9 Å². The summed E-state index contributed by atoms with van der Waals surface area (Å²) >= 11 is 0. The minimum Gasteiger partial charge on any atom is -0.393 e.